The summed E-state index contributed by atoms with van der Waals surface area (Å²) in [5.74, 6) is 0. The van der Waals surface area contributed by atoms with Crippen molar-refractivity contribution in [2.45, 2.75) is 19.1 Å². The predicted molar refractivity (Wildman–Crippen MR) is 43.2 cm³/mol. The lowest BCUT2D eigenvalue weighted by Gasteiger charge is -2.16. The van der Waals surface area contributed by atoms with Crippen molar-refractivity contribution in [3.8, 4) is 0 Å². The monoisotopic (exact) mass is 192 g/mol. The Morgan fingerprint density at radius 3 is 2.62 bits per heavy atom. The van der Waals surface area contributed by atoms with Crippen LogP contribution in [0.15, 0.2) is 18.3 Å². The number of nitrogens with two attached hydrogens (primary N) is 1. The molecule has 0 aliphatic rings. The summed E-state index contributed by atoms with van der Waals surface area (Å²) >= 11 is 0. The van der Waals surface area contributed by atoms with Crippen molar-refractivity contribution in [3.63, 3.8) is 0 Å². The van der Waals surface area contributed by atoms with Gasteiger partial charge in [0.1, 0.15) is 5.69 Å². The normalized spacial score (nSPS) is 14.5. The molecule has 1 heterocycles. The minimum atomic E-state index is -4.30. The second kappa shape index (κ2) is 3.41. The van der Waals surface area contributed by atoms with E-state index in [9.17, 15) is 13.2 Å². The summed E-state index contributed by atoms with van der Waals surface area (Å²) in [5, 5.41) is 0. The fourth-order valence-electron chi connectivity index (χ4n) is 1.13. The van der Waals surface area contributed by atoms with Crippen molar-refractivity contribution in [1.82, 2.24) is 4.57 Å². The van der Waals surface area contributed by atoms with Gasteiger partial charge in [0.25, 0.3) is 0 Å². The first-order chi connectivity index (χ1) is 5.96. The third-order valence-electron chi connectivity index (χ3n) is 1.89. The second-order valence-electron chi connectivity index (χ2n) is 2.88. The maximum atomic E-state index is 12.3. The number of hydrogen-bond acceptors (Lipinski definition) is 1. The average Bonchev–Trinajstić information content (AvgIpc) is 2.49. The van der Waals surface area contributed by atoms with E-state index in [1.165, 1.54) is 12.3 Å². The largest absolute Gasteiger partial charge is 0.431 e. The van der Waals surface area contributed by atoms with E-state index < -0.39 is 11.9 Å². The van der Waals surface area contributed by atoms with E-state index >= 15 is 0 Å². The summed E-state index contributed by atoms with van der Waals surface area (Å²) in [5.41, 5.74) is 4.64. The summed E-state index contributed by atoms with van der Waals surface area (Å²) in [4.78, 5) is 0. The van der Waals surface area contributed by atoms with Crippen LogP contribution in [0.5, 0.6) is 0 Å². The zero-order valence-corrected chi connectivity index (χ0v) is 7.17. The third-order valence-corrected chi connectivity index (χ3v) is 1.89. The molecule has 0 saturated heterocycles. The van der Waals surface area contributed by atoms with Gasteiger partial charge in [-0.2, -0.15) is 13.2 Å². The minimum absolute atomic E-state index is 0.192. The summed E-state index contributed by atoms with van der Waals surface area (Å²) < 4.78 is 38.1. The summed E-state index contributed by atoms with van der Waals surface area (Å²) in [6, 6.07) is 2.09. The van der Waals surface area contributed by atoms with E-state index in [1.807, 2.05) is 0 Å². The van der Waals surface area contributed by atoms with Crippen LogP contribution in [0.1, 0.15) is 18.7 Å². The van der Waals surface area contributed by atoms with Crippen LogP contribution < -0.4 is 5.73 Å². The lowest BCUT2D eigenvalue weighted by atomic mass is 10.3. The molecule has 1 atom stereocenters. The van der Waals surface area contributed by atoms with Crippen LogP contribution in [0.4, 0.5) is 13.2 Å². The number of alkyl halides is 3. The Morgan fingerprint density at radius 1 is 1.54 bits per heavy atom. The molecule has 0 aliphatic heterocycles. The lowest BCUT2D eigenvalue weighted by Crippen LogP contribution is -2.21. The molecule has 0 fully saturated rings. The molecule has 0 spiro atoms. The van der Waals surface area contributed by atoms with Gasteiger partial charge in [-0.3, -0.25) is 0 Å². The Morgan fingerprint density at radius 2 is 2.15 bits per heavy atom. The smallest absolute Gasteiger partial charge is 0.340 e. The van der Waals surface area contributed by atoms with Crippen LogP contribution in [-0.2, 0) is 6.18 Å². The maximum Gasteiger partial charge on any atom is 0.431 e. The number of rotatable bonds is 2. The molecular formula is C8H11F3N2. The quantitative estimate of drug-likeness (QED) is 0.763. The maximum absolute atomic E-state index is 12.3. The van der Waals surface area contributed by atoms with E-state index in [0.29, 0.717) is 0 Å². The van der Waals surface area contributed by atoms with Gasteiger partial charge in [0.05, 0.1) is 0 Å². The Hall–Kier alpha value is -0.970. The van der Waals surface area contributed by atoms with E-state index in [2.05, 4.69) is 0 Å². The van der Waals surface area contributed by atoms with E-state index in [1.54, 1.807) is 6.92 Å². The predicted octanol–water partition coefficient (Wildman–Crippen LogP) is 2.03. The molecule has 1 aromatic heterocycles. The number of nitrogens with zero attached hydrogens (tertiary/aromatic N) is 1. The Balaban J connectivity index is 3.03. The molecule has 74 valence electrons. The van der Waals surface area contributed by atoms with Crippen molar-refractivity contribution in [2.75, 3.05) is 6.54 Å². The highest BCUT2D eigenvalue weighted by Crippen LogP contribution is 2.30. The highest BCUT2D eigenvalue weighted by Gasteiger charge is 2.34. The number of hydrogen-bond donors (Lipinski definition) is 1. The first-order valence-electron chi connectivity index (χ1n) is 3.91. The fourth-order valence-corrected chi connectivity index (χ4v) is 1.13. The van der Waals surface area contributed by atoms with E-state index in [-0.39, 0.29) is 12.6 Å². The molecule has 13 heavy (non-hydrogen) atoms. The molecule has 0 saturated carbocycles. The first kappa shape index (κ1) is 10.1. The van der Waals surface area contributed by atoms with Gasteiger partial charge in [-0.1, -0.05) is 0 Å². The van der Waals surface area contributed by atoms with Gasteiger partial charge >= 0.3 is 6.18 Å². The molecule has 0 aromatic carbocycles. The van der Waals surface area contributed by atoms with Gasteiger partial charge in [0.2, 0.25) is 0 Å². The second-order valence-corrected chi connectivity index (χ2v) is 2.88. The van der Waals surface area contributed by atoms with Crippen LogP contribution in [-0.4, -0.2) is 11.1 Å². The first-order valence-corrected chi connectivity index (χ1v) is 3.91. The van der Waals surface area contributed by atoms with Crippen LogP contribution in [0, 0.1) is 0 Å². The van der Waals surface area contributed by atoms with Crippen LogP contribution in [0.2, 0.25) is 0 Å². The SMILES string of the molecule is C[C@H](CN)n1cccc1C(F)(F)F. The van der Waals surface area contributed by atoms with Crippen LogP contribution in [0.3, 0.4) is 0 Å². The molecule has 0 unspecified atom stereocenters. The molecule has 0 aliphatic carbocycles. The van der Waals surface area contributed by atoms with Crippen molar-refractivity contribution < 1.29 is 13.2 Å². The average molecular weight is 192 g/mol. The van der Waals surface area contributed by atoms with Gasteiger partial charge < -0.3 is 10.3 Å². The molecule has 1 aromatic rings. The van der Waals surface area contributed by atoms with Crippen LogP contribution in [0.25, 0.3) is 0 Å². The van der Waals surface area contributed by atoms with Crippen molar-refractivity contribution in [3.05, 3.63) is 24.0 Å². The zero-order valence-electron chi connectivity index (χ0n) is 7.17. The van der Waals surface area contributed by atoms with Gasteiger partial charge in [0, 0.05) is 18.8 Å². The molecule has 1 rings (SSSR count). The molecule has 2 nitrogen and oxygen atoms in total. The standard InChI is InChI=1S/C8H11F3N2/c1-6(5-12)13-4-2-3-7(13)8(9,10)11/h2-4,6H,5,12H2,1H3/t6-/m1/s1. The van der Waals surface area contributed by atoms with Crippen molar-refractivity contribution >= 4 is 0 Å². The van der Waals surface area contributed by atoms with Crippen molar-refractivity contribution in [2.24, 2.45) is 5.73 Å². The topological polar surface area (TPSA) is 30.9 Å². The van der Waals surface area contributed by atoms with Gasteiger partial charge in [-0.05, 0) is 19.1 Å². The third kappa shape index (κ3) is 2.03. The molecule has 5 heteroatoms. The zero-order chi connectivity index (χ0) is 10.1. The Kier molecular flexibility index (Phi) is 2.66. The summed E-state index contributed by atoms with van der Waals surface area (Å²) in [6.45, 7) is 1.84. The van der Waals surface area contributed by atoms with E-state index in [4.69, 9.17) is 5.73 Å². The Bertz CT molecular complexity index is 277. The number of aromatic nitrogens is 1. The minimum Gasteiger partial charge on any atom is -0.340 e. The molecule has 2 N–H and O–H groups in total. The highest BCUT2D eigenvalue weighted by molar-refractivity contribution is 5.12. The molecule has 0 bridgehead atoms. The van der Waals surface area contributed by atoms with Gasteiger partial charge in [0.15, 0.2) is 0 Å². The summed E-state index contributed by atoms with van der Waals surface area (Å²) in [6.07, 6.45) is -2.91. The van der Waals surface area contributed by atoms with Gasteiger partial charge in [-0.25, -0.2) is 0 Å². The number of halogens is 3. The Labute approximate surface area is 74.1 Å². The lowest BCUT2D eigenvalue weighted by molar-refractivity contribution is -0.144. The molecule has 0 radical (unpaired) electrons. The highest BCUT2D eigenvalue weighted by atomic mass is 19.4. The van der Waals surface area contributed by atoms with Crippen LogP contribution >= 0.6 is 0 Å². The van der Waals surface area contributed by atoms with Gasteiger partial charge in [-0.15, -0.1) is 0 Å². The summed E-state index contributed by atoms with van der Waals surface area (Å²) in [7, 11) is 0. The van der Waals surface area contributed by atoms with Crippen molar-refractivity contribution in [1.29, 1.82) is 0 Å². The molecular weight excluding hydrogens is 181 g/mol. The fraction of sp³-hybridized carbons (Fsp3) is 0.500. The van der Waals surface area contributed by atoms with E-state index in [0.717, 1.165) is 10.6 Å². The molecule has 0 amide bonds.